The van der Waals surface area contributed by atoms with Gasteiger partial charge in [-0.25, -0.2) is 0 Å². The van der Waals surface area contributed by atoms with E-state index in [2.05, 4.69) is 5.32 Å². The van der Waals surface area contributed by atoms with Crippen LogP contribution in [0.2, 0.25) is 0 Å². The van der Waals surface area contributed by atoms with Crippen molar-refractivity contribution >= 4 is 5.91 Å². The summed E-state index contributed by atoms with van der Waals surface area (Å²) in [5.74, 6) is 1.06. The fourth-order valence-corrected chi connectivity index (χ4v) is 2.51. The molecule has 1 aromatic heterocycles. The molecule has 0 bridgehead atoms. The van der Waals surface area contributed by atoms with Crippen molar-refractivity contribution in [2.75, 3.05) is 20.8 Å². The predicted octanol–water partition coefficient (Wildman–Crippen LogP) is 2.31. The van der Waals surface area contributed by atoms with Crippen molar-refractivity contribution in [1.29, 1.82) is 0 Å². The maximum absolute atomic E-state index is 12.1. The highest BCUT2D eigenvalue weighted by Gasteiger charge is 2.17. The van der Waals surface area contributed by atoms with Crippen molar-refractivity contribution in [3.05, 3.63) is 48.3 Å². The Morgan fingerprint density at radius 2 is 1.96 bits per heavy atom. The Morgan fingerprint density at radius 3 is 2.58 bits per heavy atom. The van der Waals surface area contributed by atoms with E-state index in [9.17, 15) is 9.90 Å². The zero-order valence-electron chi connectivity index (χ0n) is 14.2. The van der Waals surface area contributed by atoms with Gasteiger partial charge in [-0.2, -0.15) is 0 Å². The van der Waals surface area contributed by atoms with Gasteiger partial charge in [0, 0.05) is 37.0 Å². The molecule has 0 spiro atoms. The summed E-state index contributed by atoms with van der Waals surface area (Å²) in [5.41, 5.74) is 0.579. The lowest BCUT2D eigenvalue weighted by molar-refractivity contribution is -0.122. The third kappa shape index (κ3) is 4.52. The highest BCUT2D eigenvalue weighted by atomic mass is 16.5. The molecule has 6 nitrogen and oxygen atoms in total. The van der Waals surface area contributed by atoms with Crippen molar-refractivity contribution in [3.8, 4) is 11.5 Å². The maximum atomic E-state index is 12.1. The number of hydrogen-bond acceptors (Lipinski definition) is 4. The van der Waals surface area contributed by atoms with Crippen LogP contribution in [-0.4, -0.2) is 36.3 Å². The number of aliphatic hydroxyl groups excluding tert-OH is 1. The summed E-state index contributed by atoms with van der Waals surface area (Å²) < 4.78 is 12.4. The molecule has 0 fully saturated rings. The fourth-order valence-electron chi connectivity index (χ4n) is 2.51. The number of benzene rings is 1. The number of aliphatic hydroxyl groups is 1. The number of nitrogens with zero attached hydrogens (tertiary/aromatic N) is 1. The predicted molar refractivity (Wildman–Crippen MR) is 91.3 cm³/mol. The molecule has 0 unspecified atom stereocenters. The topological polar surface area (TPSA) is 72.7 Å². The third-order valence-corrected chi connectivity index (χ3v) is 3.91. The van der Waals surface area contributed by atoms with Crippen LogP contribution in [-0.2, 0) is 4.79 Å². The lowest BCUT2D eigenvalue weighted by atomic mass is 10.1. The Labute approximate surface area is 142 Å². The van der Waals surface area contributed by atoms with E-state index in [4.69, 9.17) is 9.47 Å². The number of nitrogens with one attached hydrogen (secondary N) is 1. The van der Waals surface area contributed by atoms with Crippen molar-refractivity contribution in [2.24, 2.45) is 0 Å². The molecule has 1 amide bonds. The molecule has 0 aliphatic carbocycles. The number of carbonyl (C=O) groups excluding carboxylic acids is 1. The normalized spacial score (nSPS) is 13.2. The number of aromatic nitrogens is 1. The largest absolute Gasteiger partial charge is 0.497 e. The van der Waals surface area contributed by atoms with Gasteiger partial charge in [-0.1, -0.05) is 0 Å². The Bertz CT molecular complexity index is 655. The molecular weight excluding hydrogens is 308 g/mol. The second kappa shape index (κ2) is 8.40. The summed E-state index contributed by atoms with van der Waals surface area (Å²) >= 11 is 0. The van der Waals surface area contributed by atoms with E-state index < -0.39 is 6.10 Å². The number of ether oxygens (including phenoxy) is 2. The van der Waals surface area contributed by atoms with Crippen LogP contribution in [0, 0.1) is 0 Å². The number of amides is 1. The molecule has 0 aliphatic rings. The first-order chi connectivity index (χ1) is 11.5. The van der Waals surface area contributed by atoms with Gasteiger partial charge >= 0.3 is 0 Å². The van der Waals surface area contributed by atoms with E-state index in [1.54, 1.807) is 25.3 Å². The van der Waals surface area contributed by atoms with E-state index in [0.717, 1.165) is 0 Å². The first-order valence-electron chi connectivity index (χ1n) is 7.84. The first-order valence-corrected chi connectivity index (χ1v) is 7.84. The number of hydrogen-bond donors (Lipinski definition) is 2. The smallest absolute Gasteiger partial charge is 0.222 e. The number of methoxy groups -OCH3 is 2. The first kappa shape index (κ1) is 17.9. The Hall–Kier alpha value is -2.47. The van der Waals surface area contributed by atoms with Crippen LogP contribution in [0.25, 0.3) is 0 Å². The minimum Gasteiger partial charge on any atom is -0.497 e. The summed E-state index contributed by atoms with van der Waals surface area (Å²) in [6.45, 7) is 2.09. The molecule has 24 heavy (non-hydrogen) atoms. The molecule has 1 heterocycles. The highest BCUT2D eigenvalue weighted by molar-refractivity contribution is 5.76. The van der Waals surface area contributed by atoms with Gasteiger partial charge < -0.3 is 24.5 Å². The van der Waals surface area contributed by atoms with Crippen LogP contribution in [0.5, 0.6) is 11.5 Å². The van der Waals surface area contributed by atoms with Crippen molar-refractivity contribution in [3.63, 3.8) is 0 Å². The molecule has 130 valence electrons. The number of rotatable bonds is 8. The molecule has 6 heteroatoms. The summed E-state index contributed by atoms with van der Waals surface area (Å²) in [4.78, 5) is 12.1. The molecule has 2 N–H and O–H groups in total. The van der Waals surface area contributed by atoms with Crippen molar-refractivity contribution in [1.82, 2.24) is 9.88 Å². The molecule has 2 rings (SSSR count). The lowest BCUT2D eigenvalue weighted by Crippen LogP contribution is -2.30. The van der Waals surface area contributed by atoms with Crippen LogP contribution in [0.4, 0.5) is 0 Å². The van der Waals surface area contributed by atoms with Gasteiger partial charge in [-0.3, -0.25) is 4.79 Å². The average molecular weight is 332 g/mol. The van der Waals surface area contributed by atoms with E-state index in [-0.39, 0.29) is 18.5 Å². The standard InChI is InChI=1S/C18H24N2O4/c1-13(20-8-4-5-9-20)10-18(22)19-12-16(21)15-11-14(23-2)6-7-17(15)24-3/h4-9,11,13,16,21H,10,12H2,1-3H3,(H,19,22)/t13-,16+/m0/s1. The lowest BCUT2D eigenvalue weighted by Gasteiger charge is -2.18. The molecule has 2 aromatic rings. The fraction of sp³-hybridized carbons (Fsp3) is 0.389. The van der Waals surface area contributed by atoms with Gasteiger partial charge in [0.1, 0.15) is 11.5 Å². The quantitative estimate of drug-likeness (QED) is 0.778. The summed E-state index contributed by atoms with van der Waals surface area (Å²) in [6, 6.07) is 9.10. The van der Waals surface area contributed by atoms with Gasteiger partial charge in [0.05, 0.1) is 20.3 Å². The van der Waals surface area contributed by atoms with E-state index in [1.165, 1.54) is 7.11 Å². The van der Waals surface area contributed by atoms with Gasteiger partial charge in [0.2, 0.25) is 5.91 Å². The second-order valence-corrected chi connectivity index (χ2v) is 5.61. The van der Waals surface area contributed by atoms with Crippen molar-refractivity contribution in [2.45, 2.75) is 25.5 Å². The van der Waals surface area contributed by atoms with Crippen LogP contribution < -0.4 is 14.8 Å². The minimum atomic E-state index is -0.874. The van der Waals surface area contributed by atoms with Gasteiger partial charge in [-0.15, -0.1) is 0 Å². The summed E-state index contributed by atoms with van der Waals surface area (Å²) in [5, 5.41) is 13.1. The van der Waals surface area contributed by atoms with Gasteiger partial charge in [0.15, 0.2) is 0 Å². The van der Waals surface area contributed by atoms with Gasteiger partial charge in [0.25, 0.3) is 0 Å². The Kier molecular flexibility index (Phi) is 6.26. The zero-order chi connectivity index (χ0) is 17.5. The highest BCUT2D eigenvalue weighted by Crippen LogP contribution is 2.29. The SMILES string of the molecule is COc1ccc(OC)c([C@H](O)CNC(=O)C[C@H](C)n2cccc2)c1. The van der Waals surface area contributed by atoms with E-state index >= 15 is 0 Å². The Balaban J connectivity index is 1.92. The molecule has 0 aliphatic heterocycles. The van der Waals surface area contributed by atoms with E-state index in [0.29, 0.717) is 23.5 Å². The second-order valence-electron chi connectivity index (χ2n) is 5.61. The zero-order valence-corrected chi connectivity index (χ0v) is 14.2. The molecule has 2 atom stereocenters. The minimum absolute atomic E-state index is 0.0588. The van der Waals surface area contributed by atoms with Crippen molar-refractivity contribution < 1.29 is 19.4 Å². The summed E-state index contributed by atoms with van der Waals surface area (Å²) in [7, 11) is 3.09. The van der Waals surface area contributed by atoms with Crippen LogP contribution >= 0.6 is 0 Å². The molecule has 0 saturated heterocycles. The van der Waals surface area contributed by atoms with Crippen LogP contribution in [0.1, 0.15) is 31.1 Å². The average Bonchev–Trinajstić information content (AvgIpc) is 3.13. The molecule has 0 saturated carbocycles. The van der Waals surface area contributed by atoms with Crippen LogP contribution in [0.15, 0.2) is 42.7 Å². The van der Waals surface area contributed by atoms with Crippen LogP contribution in [0.3, 0.4) is 0 Å². The Morgan fingerprint density at radius 1 is 1.25 bits per heavy atom. The number of carbonyl (C=O) groups is 1. The van der Waals surface area contributed by atoms with E-state index in [1.807, 2.05) is 36.0 Å². The molecule has 1 aromatic carbocycles. The monoisotopic (exact) mass is 332 g/mol. The molecule has 0 radical (unpaired) electrons. The third-order valence-electron chi connectivity index (χ3n) is 3.91. The van der Waals surface area contributed by atoms with Gasteiger partial charge in [-0.05, 0) is 37.3 Å². The maximum Gasteiger partial charge on any atom is 0.222 e. The summed E-state index contributed by atoms with van der Waals surface area (Å²) in [6.07, 6.45) is 3.32. The molecular formula is C18H24N2O4.